The van der Waals surface area contributed by atoms with Crippen molar-refractivity contribution in [2.45, 2.75) is 13.7 Å². The molecule has 0 radical (unpaired) electrons. The van der Waals surface area contributed by atoms with Gasteiger partial charge in [0.1, 0.15) is 6.73 Å². The molecular weight excluding hydrogens is 393 g/mol. The molecule has 0 amide bonds. The van der Waals surface area contributed by atoms with Gasteiger partial charge in [0.2, 0.25) is 0 Å². The Hall–Kier alpha value is -0.710. The minimum atomic E-state index is -4.74. The summed E-state index contributed by atoms with van der Waals surface area (Å²) in [6.07, 6.45) is 1.31. The monoisotopic (exact) mass is 406 g/mol. The third-order valence-electron chi connectivity index (χ3n) is 2.39. The third-order valence-corrected chi connectivity index (χ3v) is 7.15. The predicted octanol–water partition coefficient (Wildman–Crippen LogP) is 0.327. The molecule has 0 bridgehead atoms. The van der Waals surface area contributed by atoms with E-state index in [0.717, 1.165) is 4.57 Å². The lowest BCUT2D eigenvalue weighted by Gasteiger charge is -2.26. The molecule has 13 nitrogen and oxygen atoms in total. The second-order valence-corrected chi connectivity index (χ2v) is 8.86. The van der Waals surface area contributed by atoms with E-state index < -0.39 is 35.5 Å². The van der Waals surface area contributed by atoms with E-state index in [1.165, 1.54) is 13.1 Å². The smallest absolute Gasteiger partial charge is 0.358 e. The van der Waals surface area contributed by atoms with Gasteiger partial charge in [-0.3, -0.25) is 14.3 Å². The zero-order valence-electron chi connectivity index (χ0n) is 12.1. The van der Waals surface area contributed by atoms with Crippen molar-refractivity contribution in [3.63, 3.8) is 0 Å². The number of hydrogen-bond acceptors (Lipinski definition) is 9. The first-order valence-corrected chi connectivity index (χ1v) is 10.2. The van der Waals surface area contributed by atoms with Gasteiger partial charge >= 0.3 is 29.9 Å². The average molecular weight is 406 g/mol. The molecule has 16 heteroatoms. The van der Waals surface area contributed by atoms with Crippen LogP contribution in [0.5, 0.6) is 0 Å². The highest BCUT2D eigenvalue weighted by Crippen LogP contribution is 2.76. The Morgan fingerprint density at radius 1 is 1.25 bits per heavy atom. The standard InChI is InChI=1S/C8H13N2O11P3/c1-6-4-10(8(12)9-7(6)11)5-17-2-3-18-22-19-23(13,14)21-24(15,16)20-22/h4H,2-3,5H2,1H3,(H,13,14)(H,15,16)(H,9,11,12). The Labute approximate surface area is 135 Å². The van der Waals surface area contributed by atoms with Crippen molar-refractivity contribution in [3.05, 3.63) is 32.6 Å². The van der Waals surface area contributed by atoms with Crippen LogP contribution < -0.4 is 11.2 Å². The number of nitrogens with zero attached hydrogens (tertiary/aromatic N) is 1. The van der Waals surface area contributed by atoms with Gasteiger partial charge in [0.05, 0.1) is 13.2 Å². The van der Waals surface area contributed by atoms with Gasteiger partial charge in [-0.25, -0.2) is 22.5 Å². The molecule has 24 heavy (non-hydrogen) atoms. The average Bonchev–Trinajstić information content (AvgIpc) is 2.40. The Balaban J connectivity index is 1.78. The van der Waals surface area contributed by atoms with Gasteiger partial charge in [-0.05, 0) is 6.92 Å². The molecule has 1 fully saturated rings. The van der Waals surface area contributed by atoms with Crippen LogP contribution in [0.2, 0.25) is 0 Å². The molecule has 2 heterocycles. The minimum Gasteiger partial charge on any atom is -0.358 e. The highest BCUT2D eigenvalue weighted by Gasteiger charge is 2.47. The molecule has 2 rings (SSSR count). The number of H-pyrrole nitrogens is 1. The summed E-state index contributed by atoms with van der Waals surface area (Å²) in [7, 11) is -12.1. The van der Waals surface area contributed by atoms with Crippen molar-refractivity contribution < 1.29 is 41.1 Å². The molecule has 0 aromatic carbocycles. The lowest BCUT2D eigenvalue weighted by atomic mass is 10.4. The highest BCUT2D eigenvalue weighted by atomic mass is 31.3. The third kappa shape index (κ3) is 5.68. The lowest BCUT2D eigenvalue weighted by Crippen LogP contribution is -2.31. The maximum atomic E-state index is 11.5. The van der Waals surface area contributed by atoms with Gasteiger partial charge in [0.25, 0.3) is 5.56 Å². The Kier molecular flexibility index (Phi) is 6.27. The molecule has 1 aromatic rings. The SMILES string of the molecule is Cc1cn(COCCOP2OP(=O)(O)OP(=O)(O)O2)c(=O)[nH]c1=O. The fourth-order valence-electron chi connectivity index (χ4n) is 1.44. The Morgan fingerprint density at radius 2 is 1.88 bits per heavy atom. The first kappa shape index (κ1) is 19.6. The molecular formula is C8H13N2O11P3. The van der Waals surface area contributed by atoms with Gasteiger partial charge < -0.3 is 19.0 Å². The quantitative estimate of drug-likeness (QED) is 0.438. The van der Waals surface area contributed by atoms with E-state index in [0.29, 0.717) is 5.56 Å². The van der Waals surface area contributed by atoms with E-state index in [9.17, 15) is 18.7 Å². The first-order chi connectivity index (χ1) is 11.1. The van der Waals surface area contributed by atoms with Crippen LogP contribution in [0.1, 0.15) is 5.56 Å². The highest BCUT2D eigenvalue weighted by molar-refractivity contribution is 7.72. The lowest BCUT2D eigenvalue weighted by molar-refractivity contribution is 0.0467. The van der Waals surface area contributed by atoms with Crippen LogP contribution >= 0.6 is 24.2 Å². The van der Waals surface area contributed by atoms with Crippen LogP contribution in [0.3, 0.4) is 0 Å². The van der Waals surface area contributed by atoms with Crippen LogP contribution in [-0.2, 0) is 38.1 Å². The number of phosphoric acid groups is 2. The van der Waals surface area contributed by atoms with Crippen molar-refractivity contribution in [1.29, 1.82) is 0 Å². The summed E-state index contributed by atoms with van der Waals surface area (Å²) in [5.74, 6) is 0. The second kappa shape index (κ2) is 7.67. The van der Waals surface area contributed by atoms with E-state index in [1.54, 1.807) is 0 Å². The number of aryl methyl sites for hydroxylation is 1. The fraction of sp³-hybridized carbons (Fsp3) is 0.500. The molecule has 1 aliphatic rings. The van der Waals surface area contributed by atoms with Crippen molar-refractivity contribution in [2.75, 3.05) is 13.2 Å². The zero-order valence-corrected chi connectivity index (χ0v) is 14.7. The van der Waals surface area contributed by atoms with Crippen LogP contribution in [0.15, 0.2) is 15.8 Å². The summed E-state index contributed by atoms with van der Waals surface area (Å²) in [4.78, 5) is 42.9. The largest absolute Gasteiger partial charge is 0.488 e. The second-order valence-electron chi connectivity index (χ2n) is 4.32. The summed E-state index contributed by atoms with van der Waals surface area (Å²) >= 11 is 0. The van der Waals surface area contributed by atoms with E-state index in [2.05, 4.69) is 17.9 Å². The van der Waals surface area contributed by atoms with E-state index in [1.807, 2.05) is 0 Å². The number of aromatic nitrogens is 2. The summed E-state index contributed by atoms with van der Waals surface area (Å²) in [5.41, 5.74) is -0.841. The van der Waals surface area contributed by atoms with Gasteiger partial charge in [0, 0.05) is 11.8 Å². The number of hydrogen-bond donors (Lipinski definition) is 3. The fourth-order valence-corrected chi connectivity index (χ4v) is 5.59. The van der Waals surface area contributed by atoms with E-state index >= 15 is 0 Å². The number of ether oxygens (including phenoxy) is 1. The van der Waals surface area contributed by atoms with Gasteiger partial charge in [-0.15, -0.1) is 0 Å². The number of aromatic amines is 1. The number of rotatable bonds is 6. The predicted molar refractivity (Wildman–Crippen MR) is 77.8 cm³/mol. The van der Waals surface area contributed by atoms with Crippen LogP contribution in [0.4, 0.5) is 0 Å². The van der Waals surface area contributed by atoms with Crippen molar-refractivity contribution >= 4 is 24.2 Å². The van der Waals surface area contributed by atoms with E-state index in [4.69, 9.17) is 19.0 Å². The molecule has 2 unspecified atom stereocenters. The normalized spacial score (nSPS) is 30.4. The van der Waals surface area contributed by atoms with Crippen LogP contribution in [0, 0.1) is 6.92 Å². The minimum absolute atomic E-state index is 0.109. The molecule has 136 valence electrons. The molecule has 0 aliphatic carbocycles. The van der Waals surface area contributed by atoms with Gasteiger partial charge in [-0.1, -0.05) is 0 Å². The molecule has 0 spiro atoms. The summed E-state index contributed by atoms with van der Waals surface area (Å²) in [5, 5.41) is 0. The molecule has 1 saturated heterocycles. The zero-order chi connectivity index (χ0) is 18.0. The van der Waals surface area contributed by atoms with Gasteiger partial charge in [-0.2, -0.15) is 4.31 Å². The van der Waals surface area contributed by atoms with Crippen LogP contribution in [-0.4, -0.2) is 32.6 Å². The summed E-state index contributed by atoms with van der Waals surface area (Å²) in [6, 6.07) is 0. The maximum absolute atomic E-state index is 11.5. The number of nitrogens with one attached hydrogen (secondary N) is 1. The first-order valence-electron chi connectivity index (χ1n) is 6.15. The topological polar surface area (TPSA) is 176 Å². The molecule has 2 atom stereocenters. The van der Waals surface area contributed by atoms with Crippen molar-refractivity contribution in [3.8, 4) is 0 Å². The summed E-state index contributed by atoms with van der Waals surface area (Å²) in [6.45, 7) is 0.978. The molecule has 1 aliphatic heterocycles. The van der Waals surface area contributed by atoms with Crippen LogP contribution in [0.25, 0.3) is 0 Å². The maximum Gasteiger partial charge on any atom is 0.488 e. The van der Waals surface area contributed by atoms with Gasteiger partial charge in [0.15, 0.2) is 0 Å². The Morgan fingerprint density at radius 3 is 2.50 bits per heavy atom. The Bertz CT molecular complexity index is 779. The molecule has 3 N–H and O–H groups in total. The van der Waals surface area contributed by atoms with E-state index in [-0.39, 0.29) is 19.9 Å². The van der Waals surface area contributed by atoms with Crippen molar-refractivity contribution in [1.82, 2.24) is 9.55 Å². The molecule has 0 saturated carbocycles. The van der Waals surface area contributed by atoms with Crippen molar-refractivity contribution in [2.24, 2.45) is 0 Å². The molecule has 1 aromatic heterocycles. The summed E-state index contributed by atoms with van der Waals surface area (Å²) < 4.78 is 45.9.